The van der Waals surface area contributed by atoms with Gasteiger partial charge in [0, 0.05) is 23.9 Å². The van der Waals surface area contributed by atoms with Crippen LogP contribution < -0.4 is 20.1 Å². The summed E-state index contributed by atoms with van der Waals surface area (Å²) in [4.78, 5) is 28.5. The maximum absolute atomic E-state index is 11.9. The molecule has 4 aromatic rings. The monoisotopic (exact) mass is 518 g/mol. The number of nitrogens with zero attached hydrogens (tertiary/aromatic N) is 3. The van der Waals surface area contributed by atoms with Gasteiger partial charge in [0.1, 0.15) is 24.5 Å². The lowest BCUT2D eigenvalue weighted by molar-refractivity contribution is -0.116. The first-order chi connectivity index (χ1) is 18.5. The van der Waals surface area contributed by atoms with Gasteiger partial charge in [-0.1, -0.05) is 17.7 Å². The minimum Gasteiger partial charge on any atom is -0.487 e. The molecule has 0 saturated carbocycles. The van der Waals surface area contributed by atoms with E-state index in [0.717, 1.165) is 16.8 Å². The number of rotatable bonds is 6. The van der Waals surface area contributed by atoms with Crippen molar-refractivity contribution in [2.24, 2.45) is 0 Å². The number of benzene rings is 2. The summed E-state index contributed by atoms with van der Waals surface area (Å²) in [5.74, 6) is 2.15. The summed E-state index contributed by atoms with van der Waals surface area (Å²) in [6.45, 7) is 6.31. The highest BCUT2D eigenvalue weighted by molar-refractivity contribution is 5.88. The second kappa shape index (κ2) is 11.9. The van der Waals surface area contributed by atoms with E-state index in [9.17, 15) is 4.79 Å². The highest BCUT2D eigenvalue weighted by atomic mass is 16.6. The van der Waals surface area contributed by atoms with Crippen LogP contribution in [0.1, 0.15) is 18.1 Å². The highest BCUT2D eigenvalue weighted by Crippen LogP contribution is 2.33. The first-order valence-corrected chi connectivity index (χ1v) is 12.4. The van der Waals surface area contributed by atoms with E-state index in [-0.39, 0.29) is 5.78 Å². The minimum absolute atomic E-state index is 0.0806. The van der Waals surface area contributed by atoms with Crippen molar-refractivity contribution in [2.75, 3.05) is 50.3 Å². The van der Waals surface area contributed by atoms with Gasteiger partial charge in [0.15, 0.2) is 23.0 Å². The van der Waals surface area contributed by atoms with Crippen molar-refractivity contribution < 1.29 is 23.7 Å². The van der Waals surface area contributed by atoms with Gasteiger partial charge < -0.3 is 34.6 Å². The van der Waals surface area contributed by atoms with Crippen LogP contribution in [0.2, 0.25) is 0 Å². The van der Waals surface area contributed by atoms with Crippen LogP contribution in [-0.4, -0.2) is 65.4 Å². The minimum atomic E-state index is 0.0806. The van der Waals surface area contributed by atoms with E-state index in [1.165, 1.54) is 0 Å². The standard InChI is InChI=1S/C27H30N6O5/c1-17-3-5-21(19(13-17)14-18(2)34)31-26-24-25(29-16-28-24)32-27(33-26)30-20-4-6-22-23(15-20)38-12-10-36-8-7-35-9-11-37-22/h3-6,13,15-16H,7-12,14H2,1-2H3,(H3,28,29,30,31,32,33). The molecule has 0 spiro atoms. The molecular formula is C27H30N6O5. The number of Topliss-reactive ketones (excluding diaryl/α,β-unsaturated/α-hetero) is 1. The molecule has 0 saturated heterocycles. The molecule has 1 aliphatic rings. The quantitative estimate of drug-likeness (QED) is 0.343. The van der Waals surface area contributed by atoms with E-state index in [1.54, 1.807) is 13.3 Å². The van der Waals surface area contributed by atoms with E-state index in [1.807, 2.05) is 43.3 Å². The number of aryl methyl sites for hydroxylation is 1. The molecule has 2 aromatic heterocycles. The average molecular weight is 519 g/mol. The van der Waals surface area contributed by atoms with Crippen molar-refractivity contribution in [1.82, 2.24) is 19.9 Å². The number of carbonyl (C=O) groups is 1. The molecule has 2 aromatic carbocycles. The van der Waals surface area contributed by atoms with E-state index in [4.69, 9.17) is 23.9 Å². The molecule has 3 N–H and O–H groups in total. The SMILES string of the molecule is CC(=O)Cc1cc(C)ccc1Nc1nc(Nc2ccc3c(c2)OCCOCCOCCO3)nc2nc[nH]c12. The second-order valence-corrected chi connectivity index (χ2v) is 8.87. The first-order valence-electron chi connectivity index (χ1n) is 12.4. The van der Waals surface area contributed by atoms with Crippen LogP contribution in [0.3, 0.4) is 0 Å². The molecule has 0 radical (unpaired) electrons. The zero-order valence-corrected chi connectivity index (χ0v) is 21.4. The van der Waals surface area contributed by atoms with Crippen LogP contribution >= 0.6 is 0 Å². The molecule has 0 bridgehead atoms. The molecule has 3 heterocycles. The number of ketones is 1. The highest BCUT2D eigenvalue weighted by Gasteiger charge is 2.15. The lowest BCUT2D eigenvalue weighted by Crippen LogP contribution is -2.15. The number of anilines is 4. The zero-order valence-electron chi connectivity index (χ0n) is 21.4. The van der Waals surface area contributed by atoms with Crippen LogP contribution in [0.5, 0.6) is 11.5 Å². The molecule has 0 aliphatic carbocycles. The van der Waals surface area contributed by atoms with Crippen molar-refractivity contribution in [3.05, 3.63) is 53.9 Å². The number of hydrogen-bond acceptors (Lipinski definition) is 10. The van der Waals surface area contributed by atoms with Gasteiger partial charge in [-0.15, -0.1) is 0 Å². The van der Waals surface area contributed by atoms with Crippen LogP contribution in [0, 0.1) is 6.92 Å². The van der Waals surface area contributed by atoms with Gasteiger partial charge in [-0.3, -0.25) is 4.79 Å². The molecule has 198 valence electrons. The van der Waals surface area contributed by atoms with Crippen molar-refractivity contribution in [3.63, 3.8) is 0 Å². The molecule has 0 amide bonds. The zero-order chi connectivity index (χ0) is 26.3. The van der Waals surface area contributed by atoms with E-state index >= 15 is 0 Å². The normalized spacial score (nSPS) is 14.4. The predicted octanol–water partition coefficient (Wildman–Crippen LogP) is 4.08. The first kappa shape index (κ1) is 25.4. The number of hydrogen-bond donors (Lipinski definition) is 3. The van der Waals surface area contributed by atoms with Gasteiger partial charge in [0.2, 0.25) is 5.95 Å². The summed E-state index contributed by atoms with van der Waals surface area (Å²) in [6, 6.07) is 11.5. The largest absolute Gasteiger partial charge is 0.487 e. The molecular weight excluding hydrogens is 488 g/mol. The third kappa shape index (κ3) is 6.36. The summed E-state index contributed by atoms with van der Waals surface area (Å²) in [5, 5.41) is 6.61. The molecule has 38 heavy (non-hydrogen) atoms. The maximum atomic E-state index is 11.9. The topological polar surface area (TPSA) is 133 Å². The number of aromatic amines is 1. The average Bonchev–Trinajstić information content (AvgIpc) is 3.35. The Balaban J connectivity index is 1.41. The summed E-state index contributed by atoms with van der Waals surface area (Å²) in [5.41, 5.74) is 4.62. The van der Waals surface area contributed by atoms with Crippen LogP contribution in [-0.2, 0) is 20.7 Å². The van der Waals surface area contributed by atoms with E-state index in [2.05, 4.69) is 25.6 Å². The van der Waals surface area contributed by atoms with Crippen LogP contribution in [0.15, 0.2) is 42.7 Å². The van der Waals surface area contributed by atoms with Crippen LogP contribution in [0.4, 0.5) is 23.1 Å². The fourth-order valence-corrected chi connectivity index (χ4v) is 4.06. The van der Waals surface area contributed by atoms with Gasteiger partial charge >= 0.3 is 0 Å². The van der Waals surface area contributed by atoms with Crippen molar-refractivity contribution in [1.29, 1.82) is 0 Å². The number of imidazole rings is 1. The van der Waals surface area contributed by atoms with Gasteiger partial charge in [-0.25, -0.2) is 4.98 Å². The van der Waals surface area contributed by atoms with Gasteiger partial charge in [0.25, 0.3) is 0 Å². The third-order valence-corrected chi connectivity index (χ3v) is 5.78. The summed E-state index contributed by atoms with van der Waals surface area (Å²) in [7, 11) is 0. The number of fused-ring (bicyclic) bond motifs is 2. The Hall–Kier alpha value is -4.22. The number of H-pyrrole nitrogens is 1. The summed E-state index contributed by atoms with van der Waals surface area (Å²) < 4.78 is 22.8. The summed E-state index contributed by atoms with van der Waals surface area (Å²) in [6.07, 6.45) is 1.89. The lowest BCUT2D eigenvalue weighted by atomic mass is 10.0. The Morgan fingerprint density at radius 2 is 1.68 bits per heavy atom. The number of carbonyl (C=O) groups excluding carboxylic acids is 1. The summed E-state index contributed by atoms with van der Waals surface area (Å²) >= 11 is 0. The Kier molecular flexibility index (Phi) is 7.95. The fraction of sp³-hybridized carbons (Fsp3) is 0.333. The lowest BCUT2D eigenvalue weighted by Gasteiger charge is -2.16. The fourth-order valence-electron chi connectivity index (χ4n) is 4.06. The molecule has 0 fully saturated rings. The van der Waals surface area contributed by atoms with E-state index < -0.39 is 0 Å². The van der Waals surface area contributed by atoms with Gasteiger partial charge in [-0.05, 0) is 37.6 Å². The Labute approximate surface area is 219 Å². The molecule has 1 aliphatic heterocycles. The van der Waals surface area contributed by atoms with Gasteiger partial charge in [0.05, 0.1) is 32.8 Å². The molecule has 11 heteroatoms. The smallest absolute Gasteiger partial charge is 0.231 e. The maximum Gasteiger partial charge on any atom is 0.231 e. The molecule has 11 nitrogen and oxygen atoms in total. The predicted molar refractivity (Wildman–Crippen MR) is 143 cm³/mol. The Morgan fingerprint density at radius 3 is 2.47 bits per heavy atom. The molecule has 0 atom stereocenters. The Bertz CT molecular complexity index is 1420. The van der Waals surface area contributed by atoms with Crippen molar-refractivity contribution in [2.45, 2.75) is 20.3 Å². The second-order valence-electron chi connectivity index (χ2n) is 8.87. The van der Waals surface area contributed by atoms with Crippen molar-refractivity contribution >= 4 is 40.1 Å². The van der Waals surface area contributed by atoms with Gasteiger partial charge in [-0.2, -0.15) is 9.97 Å². The third-order valence-electron chi connectivity index (χ3n) is 5.78. The van der Waals surface area contributed by atoms with Crippen molar-refractivity contribution in [3.8, 4) is 11.5 Å². The van der Waals surface area contributed by atoms with E-state index in [0.29, 0.717) is 86.2 Å². The van der Waals surface area contributed by atoms with Crippen LogP contribution in [0.25, 0.3) is 11.2 Å². The molecule has 5 rings (SSSR count). The molecule has 0 unspecified atom stereocenters. The number of ether oxygens (including phenoxy) is 4. The number of aromatic nitrogens is 4. The number of nitrogens with one attached hydrogen (secondary N) is 3. The Morgan fingerprint density at radius 1 is 0.921 bits per heavy atom.